The van der Waals surface area contributed by atoms with Gasteiger partial charge in [-0.25, -0.2) is 4.98 Å². The first-order valence-electron chi connectivity index (χ1n) is 5.88. The maximum atomic E-state index is 9.38. The topological polar surface area (TPSA) is 45.2 Å². The van der Waals surface area contributed by atoms with E-state index < -0.39 is 0 Å². The van der Waals surface area contributed by atoms with E-state index in [2.05, 4.69) is 17.2 Å². The molecule has 2 aromatic rings. The van der Waals surface area contributed by atoms with Crippen LogP contribution in [0.5, 0.6) is 5.75 Å². The first-order valence-corrected chi connectivity index (χ1v) is 7.68. The van der Waals surface area contributed by atoms with Crippen molar-refractivity contribution in [2.45, 2.75) is 24.0 Å². The molecule has 1 aromatic heterocycles. The third-order valence-electron chi connectivity index (χ3n) is 2.28. The summed E-state index contributed by atoms with van der Waals surface area (Å²) in [4.78, 5) is 6.64. The molecule has 0 unspecified atom stereocenters. The fourth-order valence-electron chi connectivity index (χ4n) is 1.42. The molecule has 0 bridgehead atoms. The standard InChI is InChI=1S/C13H16N2OS2/c1-2-6-14-13-15-8-12(18-13)9-17-11-5-3-4-10(16)7-11/h3-5,7-8,16H,2,6,9H2,1H3,(H,14,15). The third-order valence-corrected chi connectivity index (χ3v) is 4.46. The number of benzene rings is 1. The van der Waals surface area contributed by atoms with Crippen molar-refractivity contribution in [1.82, 2.24) is 4.98 Å². The van der Waals surface area contributed by atoms with Gasteiger partial charge in [-0.05, 0) is 24.6 Å². The largest absolute Gasteiger partial charge is 0.508 e. The van der Waals surface area contributed by atoms with Crippen LogP contribution in [-0.2, 0) is 5.75 Å². The first kappa shape index (κ1) is 13.2. The van der Waals surface area contributed by atoms with Crippen molar-refractivity contribution in [2.24, 2.45) is 0 Å². The smallest absolute Gasteiger partial charge is 0.182 e. The number of anilines is 1. The number of thiazole rings is 1. The number of thioether (sulfide) groups is 1. The van der Waals surface area contributed by atoms with E-state index in [-0.39, 0.29) is 0 Å². The highest BCUT2D eigenvalue weighted by molar-refractivity contribution is 7.98. The van der Waals surface area contributed by atoms with Crippen LogP contribution in [0.2, 0.25) is 0 Å². The van der Waals surface area contributed by atoms with Gasteiger partial charge in [0, 0.05) is 28.3 Å². The fraction of sp³-hybridized carbons (Fsp3) is 0.308. The Labute approximate surface area is 115 Å². The summed E-state index contributed by atoms with van der Waals surface area (Å²) in [5.74, 6) is 1.20. The molecule has 0 atom stereocenters. The Morgan fingerprint density at radius 1 is 1.44 bits per heavy atom. The Bertz CT molecular complexity index is 499. The minimum absolute atomic E-state index is 0.314. The normalized spacial score (nSPS) is 10.5. The van der Waals surface area contributed by atoms with Gasteiger partial charge in [0.1, 0.15) is 5.75 Å². The Balaban J connectivity index is 1.88. The van der Waals surface area contributed by atoms with Crippen LogP contribution in [-0.4, -0.2) is 16.6 Å². The van der Waals surface area contributed by atoms with Gasteiger partial charge in [-0.15, -0.1) is 23.1 Å². The summed E-state index contributed by atoms with van der Waals surface area (Å²) in [5.41, 5.74) is 0. The average molecular weight is 280 g/mol. The van der Waals surface area contributed by atoms with Crippen molar-refractivity contribution in [3.63, 3.8) is 0 Å². The van der Waals surface area contributed by atoms with Crippen molar-refractivity contribution in [3.8, 4) is 5.75 Å². The van der Waals surface area contributed by atoms with Crippen LogP contribution in [0.3, 0.4) is 0 Å². The quantitative estimate of drug-likeness (QED) is 0.786. The number of hydrogen-bond acceptors (Lipinski definition) is 5. The van der Waals surface area contributed by atoms with Crippen LogP contribution >= 0.6 is 23.1 Å². The molecule has 0 saturated heterocycles. The molecule has 0 amide bonds. The van der Waals surface area contributed by atoms with Crippen LogP contribution in [0.15, 0.2) is 35.4 Å². The fourth-order valence-corrected chi connectivity index (χ4v) is 3.22. The van der Waals surface area contributed by atoms with Gasteiger partial charge < -0.3 is 10.4 Å². The molecule has 3 nitrogen and oxygen atoms in total. The third kappa shape index (κ3) is 3.92. The number of rotatable bonds is 6. The summed E-state index contributed by atoms with van der Waals surface area (Å²) < 4.78 is 0. The van der Waals surface area contributed by atoms with Gasteiger partial charge in [0.25, 0.3) is 0 Å². The van der Waals surface area contributed by atoms with E-state index in [1.165, 1.54) is 4.88 Å². The highest BCUT2D eigenvalue weighted by Crippen LogP contribution is 2.28. The predicted octanol–water partition coefficient (Wildman–Crippen LogP) is 3.96. The van der Waals surface area contributed by atoms with Crippen LogP contribution in [0, 0.1) is 0 Å². The highest BCUT2D eigenvalue weighted by atomic mass is 32.2. The molecule has 1 heterocycles. The van der Waals surface area contributed by atoms with E-state index in [9.17, 15) is 5.11 Å². The molecule has 18 heavy (non-hydrogen) atoms. The lowest BCUT2D eigenvalue weighted by atomic mass is 10.3. The van der Waals surface area contributed by atoms with Crippen molar-refractivity contribution < 1.29 is 5.11 Å². The summed E-state index contributed by atoms with van der Waals surface area (Å²) in [6, 6.07) is 7.33. The van der Waals surface area contributed by atoms with Gasteiger partial charge in [-0.3, -0.25) is 0 Å². The summed E-state index contributed by atoms with van der Waals surface area (Å²) >= 11 is 3.40. The van der Waals surface area contributed by atoms with Gasteiger partial charge in [0.05, 0.1) is 0 Å². The van der Waals surface area contributed by atoms with Crippen LogP contribution in [0.4, 0.5) is 5.13 Å². The highest BCUT2D eigenvalue weighted by Gasteiger charge is 2.02. The Morgan fingerprint density at radius 3 is 3.11 bits per heavy atom. The monoisotopic (exact) mass is 280 g/mol. The second kappa shape index (κ2) is 6.66. The summed E-state index contributed by atoms with van der Waals surface area (Å²) in [6.45, 7) is 3.10. The molecule has 0 aliphatic rings. The van der Waals surface area contributed by atoms with E-state index in [0.29, 0.717) is 5.75 Å². The molecule has 0 spiro atoms. The van der Waals surface area contributed by atoms with E-state index >= 15 is 0 Å². The number of nitrogens with one attached hydrogen (secondary N) is 1. The van der Waals surface area contributed by atoms with Gasteiger partial charge in [0.15, 0.2) is 5.13 Å². The summed E-state index contributed by atoms with van der Waals surface area (Å²) in [5, 5.41) is 13.6. The Kier molecular flexibility index (Phi) is 4.90. The lowest BCUT2D eigenvalue weighted by Gasteiger charge is -2.00. The second-order valence-corrected chi connectivity index (χ2v) is 6.01. The number of phenolic OH excluding ortho intramolecular Hbond substituents is 1. The van der Waals surface area contributed by atoms with Crippen molar-refractivity contribution >= 4 is 28.2 Å². The number of hydrogen-bond donors (Lipinski definition) is 2. The zero-order valence-corrected chi connectivity index (χ0v) is 11.9. The molecule has 2 rings (SSSR count). The van der Waals surface area contributed by atoms with Crippen LogP contribution in [0.25, 0.3) is 0 Å². The van der Waals surface area contributed by atoms with Crippen molar-refractivity contribution in [1.29, 1.82) is 0 Å². The molecule has 0 fully saturated rings. The molecule has 2 N–H and O–H groups in total. The maximum absolute atomic E-state index is 9.38. The summed E-state index contributed by atoms with van der Waals surface area (Å²) in [6.07, 6.45) is 3.02. The average Bonchev–Trinajstić information content (AvgIpc) is 2.82. The lowest BCUT2D eigenvalue weighted by molar-refractivity contribution is 0.474. The Hall–Kier alpha value is -1.20. The molecule has 0 aliphatic carbocycles. The van der Waals surface area contributed by atoms with Gasteiger partial charge in [-0.1, -0.05) is 13.0 Å². The lowest BCUT2D eigenvalue weighted by Crippen LogP contribution is -1.97. The van der Waals surface area contributed by atoms with Crippen LogP contribution < -0.4 is 5.32 Å². The van der Waals surface area contributed by atoms with E-state index in [0.717, 1.165) is 28.7 Å². The van der Waals surface area contributed by atoms with Crippen molar-refractivity contribution in [3.05, 3.63) is 35.3 Å². The molecule has 1 aromatic carbocycles. The molecule has 5 heteroatoms. The van der Waals surface area contributed by atoms with Gasteiger partial charge >= 0.3 is 0 Å². The Morgan fingerprint density at radius 2 is 2.33 bits per heavy atom. The van der Waals surface area contributed by atoms with Gasteiger partial charge in [-0.2, -0.15) is 0 Å². The molecule has 96 valence electrons. The van der Waals surface area contributed by atoms with E-state index in [1.807, 2.05) is 18.3 Å². The number of aromatic hydroxyl groups is 1. The zero-order valence-electron chi connectivity index (χ0n) is 10.2. The SMILES string of the molecule is CCCNc1ncc(CSc2cccc(O)c2)s1. The maximum Gasteiger partial charge on any atom is 0.182 e. The second-order valence-electron chi connectivity index (χ2n) is 3.84. The number of phenols is 1. The minimum Gasteiger partial charge on any atom is -0.508 e. The molecule has 0 radical (unpaired) electrons. The minimum atomic E-state index is 0.314. The number of nitrogens with zero attached hydrogens (tertiary/aromatic N) is 1. The van der Waals surface area contributed by atoms with E-state index in [4.69, 9.17) is 0 Å². The van der Waals surface area contributed by atoms with Gasteiger partial charge in [0.2, 0.25) is 0 Å². The molecule has 0 aliphatic heterocycles. The number of aromatic nitrogens is 1. The molecular weight excluding hydrogens is 264 g/mol. The molecular formula is C13H16N2OS2. The predicted molar refractivity (Wildman–Crippen MR) is 78.6 cm³/mol. The van der Waals surface area contributed by atoms with Crippen molar-refractivity contribution in [2.75, 3.05) is 11.9 Å². The molecule has 0 saturated carbocycles. The summed E-state index contributed by atoms with van der Waals surface area (Å²) in [7, 11) is 0. The first-order chi connectivity index (χ1) is 8.78. The van der Waals surface area contributed by atoms with E-state index in [1.54, 1.807) is 35.2 Å². The zero-order chi connectivity index (χ0) is 12.8. The van der Waals surface area contributed by atoms with Crippen LogP contribution in [0.1, 0.15) is 18.2 Å².